The van der Waals surface area contributed by atoms with Crippen LogP contribution in [-0.4, -0.2) is 48.1 Å². The summed E-state index contributed by atoms with van der Waals surface area (Å²) >= 11 is 0. The lowest BCUT2D eigenvalue weighted by Crippen LogP contribution is -2.47. The van der Waals surface area contributed by atoms with E-state index in [0.717, 1.165) is 25.2 Å². The van der Waals surface area contributed by atoms with Gasteiger partial charge in [0.05, 0.1) is 24.8 Å². The number of benzene rings is 2. The average molecular weight is 405 g/mol. The molecule has 0 spiro atoms. The molecule has 0 radical (unpaired) electrons. The van der Waals surface area contributed by atoms with Crippen LogP contribution >= 0.6 is 0 Å². The van der Waals surface area contributed by atoms with Gasteiger partial charge in [-0.2, -0.15) is 0 Å². The molecule has 1 unspecified atom stereocenters. The number of carbonyl (C=O) groups excluding carboxylic acids is 1. The van der Waals surface area contributed by atoms with Crippen LogP contribution in [0.4, 0.5) is 0 Å². The maximum Gasteiger partial charge on any atom is 0.226 e. The Hall–Kier alpha value is -2.96. The highest BCUT2D eigenvalue weighted by Gasteiger charge is 2.22. The van der Waals surface area contributed by atoms with Crippen LogP contribution in [0.25, 0.3) is 11.5 Å². The van der Waals surface area contributed by atoms with Crippen LogP contribution in [0.2, 0.25) is 0 Å². The Morgan fingerprint density at radius 2 is 1.87 bits per heavy atom. The van der Waals surface area contributed by atoms with Gasteiger partial charge >= 0.3 is 0 Å². The van der Waals surface area contributed by atoms with E-state index in [9.17, 15) is 4.79 Å². The highest BCUT2D eigenvalue weighted by atomic mass is 16.5. The maximum absolute atomic E-state index is 12.5. The fourth-order valence-electron chi connectivity index (χ4n) is 3.63. The van der Waals surface area contributed by atoms with Gasteiger partial charge in [-0.25, -0.2) is 4.98 Å². The van der Waals surface area contributed by atoms with Crippen LogP contribution in [0.1, 0.15) is 17.0 Å². The summed E-state index contributed by atoms with van der Waals surface area (Å²) in [7, 11) is 0. The van der Waals surface area contributed by atoms with E-state index < -0.39 is 0 Å². The number of nitrogens with zero attached hydrogens (tertiary/aromatic N) is 2. The molecule has 1 atom stereocenters. The maximum atomic E-state index is 12.5. The quantitative estimate of drug-likeness (QED) is 0.654. The number of ether oxygens (including phenoxy) is 1. The minimum absolute atomic E-state index is 0.00954. The Labute approximate surface area is 176 Å². The summed E-state index contributed by atoms with van der Waals surface area (Å²) < 4.78 is 11.6. The first-order chi connectivity index (χ1) is 14.7. The summed E-state index contributed by atoms with van der Waals surface area (Å²) in [5, 5.41) is 2.99. The predicted molar refractivity (Wildman–Crippen MR) is 115 cm³/mol. The number of amides is 1. The van der Waals surface area contributed by atoms with Crippen molar-refractivity contribution in [1.82, 2.24) is 15.2 Å². The van der Waals surface area contributed by atoms with E-state index >= 15 is 0 Å². The lowest BCUT2D eigenvalue weighted by atomic mass is 10.2. The Kier molecular flexibility index (Phi) is 6.57. The van der Waals surface area contributed by atoms with Crippen LogP contribution in [0.5, 0.6) is 0 Å². The molecule has 0 aliphatic carbocycles. The zero-order valence-corrected chi connectivity index (χ0v) is 17.2. The van der Waals surface area contributed by atoms with Crippen molar-refractivity contribution in [2.75, 3.05) is 26.2 Å². The zero-order chi connectivity index (χ0) is 20.8. The first kappa shape index (κ1) is 20.3. The summed E-state index contributed by atoms with van der Waals surface area (Å²) in [4.78, 5) is 19.3. The molecule has 1 fully saturated rings. The molecule has 6 heteroatoms. The fourth-order valence-corrected chi connectivity index (χ4v) is 3.63. The third-order valence-corrected chi connectivity index (χ3v) is 5.24. The lowest BCUT2D eigenvalue weighted by molar-refractivity contribution is -0.121. The molecule has 1 aliphatic rings. The number of aryl methyl sites for hydroxylation is 1. The fraction of sp³-hybridized carbons (Fsp3) is 0.333. The second-order valence-electron chi connectivity index (χ2n) is 7.58. The van der Waals surface area contributed by atoms with Crippen LogP contribution in [0, 0.1) is 6.92 Å². The number of morpholine rings is 1. The molecule has 30 heavy (non-hydrogen) atoms. The standard InChI is InChI=1S/C24H27N3O3/c1-18-22(26-24(30-18)20-10-6-3-7-11-20)14-23(28)25-15-21-17-27(12-13-29-21)16-19-8-4-2-5-9-19/h2-11,21H,12-17H2,1H3,(H,25,28). The Bertz CT molecular complexity index is 956. The highest BCUT2D eigenvalue weighted by molar-refractivity contribution is 5.78. The summed E-state index contributed by atoms with van der Waals surface area (Å²) in [6.45, 7) is 5.61. The zero-order valence-electron chi connectivity index (χ0n) is 17.2. The minimum Gasteiger partial charge on any atom is -0.441 e. The van der Waals surface area contributed by atoms with Crippen molar-refractivity contribution in [2.45, 2.75) is 26.0 Å². The van der Waals surface area contributed by atoms with Gasteiger partial charge in [0.1, 0.15) is 5.76 Å². The van der Waals surface area contributed by atoms with E-state index in [1.807, 2.05) is 43.3 Å². The topological polar surface area (TPSA) is 67.6 Å². The monoisotopic (exact) mass is 405 g/mol. The first-order valence-electron chi connectivity index (χ1n) is 10.3. The molecule has 1 saturated heterocycles. The van der Waals surface area contributed by atoms with E-state index in [4.69, 9.17) is 9.15 Å². The lowest BCUT2D eigenvalue weighted by Gasteiger charge is -2.33. The van der Waals surface area contributed by atoms with Gasteiger partial charge < -0.3 is 14.5 Å². The van der Waals surface area contributed by atoms with Crippen LogP contribution < -0.4 is 5.32 Å². The van der Waals surface area contributed by atoms with Crippen molar-refractivity contribution in [1.29, 1.82) is 0 Å². The summed E-state index contributed by atoms with van der Waals surface area (Å²) in [6, 6.07) is 20.1. The number of rotatable bonds is 7. The normalized spacial score (nSPS) is 17.0. The number of oxazole rings is 1. The average Bonchev–Trinajstić information content (AvgIpc) is 3.14. The molecule has 1 amide bonds. The van der Waals surface area contributed by atoms with E-state index in [0.29, 0.717) is 30.5 Å². The highest BCUT2D eigenvalue weighted by Crippen LogP contribution is 2.21. The van der Waals surface area contributed by atoms with Gasteiger partial charge in [-0.3, -0.25) is 9.69 Å². The summed E-state index contributed by atoms with van der Waals surface area (Å²) in [5.41, 5.74) is 2.86. The molecule has 1 aliphatic heterocycles. The van der Waals surface area contributed by atoms with E-state index in [1.54, 1.807) is 0 Å². The van der Waals surface area contributed by atoms with Crippen LogP contribution in [0.3, 0.4) is 0 Å². The van der Waals surface area contributed by atoms with Crippen molar-refractivity contribution >= 4 is 5.91 Å². The van der Waals surface area contributed by atoms with Gasteiger partial charge in [-0.05, 0) is 24.6 Å². The largest absolute Gasteiger partial charge is 0.441 e. The molecule has 3 aromatic rings. The van der Waals surface area contributed by atoms with Gasteiger partial charge in [0.25, 0.3) is 0 Å². The van der Waals surface area contributed by atoms with Crippen molar-refractivity contribution in [2.24, 2.45) is 0 Å². The van der Waals surface area contributed by atoms with E-state index in [1.165, 1.54) is 5.56 Å². The van der Waals surface area contributed by atoms with E-state index in [2.05, 4.69) is 39.5 Å². The number of nitrogens with one attached hydrogen (secondary N) is 1. The molecule has 0 saturated carbocycles. The van der Waals surface area contributed by atoms with Gasteiger partial charge in [0, 0.05) is 31.7 Å². The van der Waals surface area contributed by atoms with Crippen LogP contribution in [0.15, 0.2) is 65.1 Å². The number of hydrogen-bond acceptors (Lipinski definition) is 5. The van der Waals surface area contributed by atoms with E-state index in [-0.39, 0.29) is 18.4 Å². The van der Waals surface area contributed by atoms with Crippen molar-refractivity contribution in [3.63, 3.8) is 0 Å². The smallest absolute Gasteiger partial charge is 0.226 e. The van der Waals surface area contributed by atoms with Crippen molar-refractivity contribution in [3.8, 4) is 11.5 Å². The predicted octanol–water partition coefficient (Wildman–Crippen LogP) is 3.21. The minimum atomic E-state index is -0.0743. The third-order valence-electron chi connectivity index (χ3n) is 5.24. The first-order valence-corrected chi connectivity index (χ1v) is 10.3. The molecular weight excluding hydrogens is 378 g/mol. The number of aromatic nitrogens is 1. The molecule has 2 aromatic carbocycles. The molecule has 2 heterocycles. The molecule has 156 valence electrons. The Morgan fingerprint density at radius 1 is 1.13 bits per heavy atom. The van der Waals surface area contributed by atoms with Gasteiger partial charge in [0.15, 0.2) is 0 Å². The molecule has 6 nitrogen and oxygen atoms in total. The van der Waals surface area contributed by atoms with Crippen molar-refractivity contribution in [3.05, 3.63) is 77.7 Å². The third kappa shape index (κ3) is 5.34. The SMILES string of the molecule is Cc1oc(-c2ccccc2)nc1CC(=O)NCC1CN(Cc2ccccc2)CCO1. The summed E-state index contributed by atoms with van der Waals surface area (Å²) in [5.74, 6) is 1.14. The molecule has 4 rings (SSSR count). The summed E-state index contributed by atoms with van der Waals surface area (Å²) in [6.07, 6.45) is 0.188. The second-order valence-corrected chi connectivity index (χ2v) is 7.58. The Balaban J connectivity index is 1.27. The molecule has 1 N–H and O–H groups in total. The Morgan fingerprint density at radius 3 is 2.63 bits per heavy atom. The second kappa shape index (κ2) is 9.69. The molecule has 0 bridgehead atoms. The number of hydrogen-bond donors (Lipinski definition) is 1. The van der Waals surface area contributed by atoms with Gasteiger partial charge in [0.2, 0.25) is 11.8 Å². The number of carbonyl (C=O) groups is 1. The van der Waals surface area contributed by atoms with Crippen molar-refractivity contribution < 1.29 is 13.9 Å². The van der Waals surface area contributed by atoms with Crippen LogP contribution in [-0.2, 0) is 22.5 Å². The van der Waals surface area contributed by atoms with Gasteiger partial charge in [-0.1, -0.05) is 48.5 Å². The molecule has 1 aromatic heterocycles. The van der Waals surface area contributed by atoms with Gasteiger partial charge in [-0.15, -0.1) is 0 Å². The molecular formula is C24H27N3O3.